The topological polar surface area (TPSA) is 12.0 Å². The first-order valence-corrected chi connectivity index (χ1v) is 5.86. The van der Waals surface area contributed by atoms with Gasteiger partial charge in [-0.1, -0.05) is 40.2 Å². The van der Waals surface area contributed by atoms with Crippen molar-refractivity contribution in [2.45, 2.75) is 53.9 Å². The van der Waals surface area contributed by atoms with E-state index in [9.17, 15) is 0 Å². The molecule has 82 valence electrons. The summed E-state index contributed by atoms with van der Waals surface area (Å²) in [4.78, 5) is 0. The van der Waals surface area contributed by atoms with E-state index in [0.717, 1.165) is 6.54 Å². The second kappa shape index (κ2) is 4.37. The fraction of sp³-hybridized carbons (Fsp3) is 0.846. The summed E-state index contributed by atoms with van der Waals surface area (Å²) >= 11 is 0. The molecule has 0 saturated heterocycles. The number of rotatable bonds is 4. The molecule has 0 aromatic carbocycles. The quantitative estimate of drug-likeness (QED) is 0.721. The lowest BCUT2D eigenvalue weighted by molar-refractivity contribution is 0.370. The average molecular weight is 195 g/mol. The molecule has 0 aromatic rings. The Morgan fingerprint density at radius 2 is 1.86 bits per heavy atom. The van der Waals surface area contributed by atoms with E-state index in [2.05, 4.69) is 39.9 Å². The van der Waals surface area contributed by atoms with Crippen molar-refractivity contribution >= 4 is 0 Å². The standard InChI is InChI=1S/C13H25N/c1-10(2)12(11-6-7-11)14-9-8-13(3,4)5/h10,14H,6-9H2,1-5H3. The van der Waals surface area contributed by atoms with Crippen molar-refractivity contribution in [3.63, 3.8) is 0 Å². The van der Waals surface area contributed by atoms with E-state index in [1.165, 1.54) is 25.0 Å². The minimum Gasteiger partial charge on any atom is -0.388 e. The van der Waals surface area contributed by atoms with Crippen LogP contribution in [0, 0.1) is 11.3 Å². The molecule has 0 heterocycles. The highest BCUT2D eigenvalue weighted by molar-refractivity contribution is 5.25. The highest BCUT2D eigenvalue weighted by Crippen LogP contribution is 2.33. The third-order valence-electron chi connectivity index (χ3n) is 2.65. The summed E-state index contributed by atoms with van der Waals surface area (Å²) in [7, 11) is 0. The molecule has 1 aliphatic carbocycles. The van der Waals surface area contributed by atoms with Crippen molar-refractivity contribution in [1.82, 2.24) is 5.32 Å². The van der Waals surface area contributed by atoms with E-state index in [-0.39, 0.29) is 0 Å². The van der Waals surface area contributed by atoms with Crippen LogP contribution in [0.3, 0.4) is 0 Å². The molecule has 1 nitrogen and oxygen atoms in total. The number of hydrogen-bond acceptors (Lipinski definition) is 1. The molecule has 0 spiro atoms. The van der Waals surface area contributed by atoms with Gasteiger partial charge in [-0.25, -0.2) is 0 Å². The maximum absolute atomic E-state index is 3.62. The lowest BCUT2D eigenvalue weighted by Gasteiger charge is -2.21. The van der Waals surface area contributed by atoms with Gasteiger partial charge in [0.25, 0.3) is 0 Å². The van der Waals surface area contributed by atoms with Gasteiger partial charge in [0.1, 0.15) is 0 Å². The molecule has 1 N–H and O–H groups in total. The van der Waals surface area contributed by atoms with E-state index in [4.69, 9.17) is 0 Å². The van der Waals surface area contributed by atoms with E-state index < -0.39 is 0 Å². The first kappa shape index (κ1) is 11.6. The maximum atomic E-state index is 3.62. The molecule has 0 aliphatic heterocycles. The van der Waals surface area contributed by atoms with Crippen LogP contribution in [-0.4, -0.2) is 6.54 Å². The van der Waals surface area contributed by atoms with Crippen molar-refractivity contribution in [3.8, 4) is 0 Å². The van der Waals surface area contributed by atoms with E-state index >= 15 is 0 Å². The Morgan fingerprint density at radius 3 is 2.21 bits per heavy atom. The summed E-state index contributed by atoms with van der Waals surface area (Å²) in [6.45, 7) is 12.6. The zero-order valence-electron chi connectivity index (χ0n) is 10.4. The van der Waals surface area contributed by atoms with Crippen molar-refractivity contribution in [3.05, 3.63) is 11.3 Å². The molecule has 0 amide bonds. The monoisotopic (exact) mass is 195 g/mol. The van der Waals surface area contributed by atoms with Crippen LogP contribution in [0.2, 0.25) is 0 Å². The molecule has 0 radical (unpaired) electrons. The fourth-order valence-electron chi connectivity index (χ4n) is 1.64. The van der Waals surface area contributed by atoms with Crippen LogP contribution in [0.4, 0.5) is 0 Å². The predicted octanol–water partition coefficient (Wildman–Crippen LogP) is 3.72. The minimum atomic E-state index is 0.448. The summed E-state index contributed by atoms with van der Waals surface area (Å²) in [6.07, 6.45) is 3.91. The summed E-state index contributed by atoms with van der Waals surface area (Å²) in [5.74, 6) is 0.674. The van der Waals surface area contributed by atoms with Crippen LogP contribution in [0.25, 0.3) is 0 Å². The Labute approximate surface area is 89.0 Å². The number of nitrogens with one attached hydrogen (secondary N) is 1. The van der Waals surface area contributed by atoms with Crippen LogP contribution in [0.1, 0.15) is 53.9 Å². The van der Waals surface area contributed by atoms with Gasteiger partial charge in [0.05, 0.1) is 0 Å². The Kier molecular flexibility index (Phi) is 3.63. The Bertz CT molecular complexity index is 212. The minimum absolute atomic E-state index is 0.448. The maximum Gasteiger partial charge on any atom is 0.0149 e. The van der Waals surface area contributed by atoms with Gasteiger partial charge in [-0.05, 0) is 30.6 Å². The van der Waals surface area contributed by atoms with Gasteiger partial charge in [0, 0.05) is 12.2 Å². The van der Waals surface area contributed by atoms with Gasteiger partial charge >= 0.3 is 0 Å². The van der Waals surface area contributed by atoms with Crippen LogP contribution < -0.4 is 5.32 Å². The Morgan fingerprint density at radius 1 is 1.29 bits per heavy atom. The average Bonchev–Trinajstić information content (AvgIpc) is 2.77. The van der Waals surface area contributed by atoms with Gasteiger partial charge in [-0.3, -0.25) is 0 Å². The van der Waals surface area contributed by atoms with Gasteiger partial charge < -0.3 is 5.32 Å². The third-order valence-corrected chi connectivity index (χ3v) is 2.65. The highest BCUT2D eigenvalue weighted by atomic mass is 14.9. The smallest absolute Gasteiger partial charge is 0.0149 e. The third kappa shape index (κ3) is 4.17. The van der Waals surface area contributed by atoms with Gasteiger partial charge in [0.2, 0.25) is 0 Å². The molecule has 14 heavy (non-hydrogen) atoms. The van der Waals surface area contributed by atoms with E-state index in [1.807, 2.05) is 0 Å². The summed E-state index contributed by atoms with van der Waals surface area (Å²) in [5, 5.41) is 3.62. The SMILES string of the molecule is CC(C)C(NCCC(C)(C)C)=C1CC1. The highest BCUT2D eigenvalue weighted by Gasteiger charge is 2.20. The van der Waals surface area contributed by atoms with Crippen LogP contribution in [-0.2, 0) is 0 Å². The van der Waals surface area contributed by atoms with E-state index in [0.29, 0.717) is 11.3 Å². The van der Waals surface area contributed by atoms with Gasteiger partial charge in [-0.15, -0.1) is 0 Å². The molecule has 1 saturated carbocycles. The Balaban J connectivity index is 2.33. The van der Waals surface area contributed by atoms with Crippen molar-refractivity contribution in [2.75, 3.05) is 6.54 Å². The number of hydrogen-bond donors (Lipinski definition) is 1. The van der Waals surface area contributed by atoms with Crippen molar-refractivity contribution < 1.29 is 0 Å². The molecular weight excluding hydrogens is 170 g/mol. The Hall–Kier alpha value is -0.460. The second-order valence-corrected chi connectivity index (χ2v) is 5.91. The predicted molar refractivity (Wildman–Crippen MR) is 63.2 cm³/mol. The first-order chi connectivity index (χ1) is 6.40. The van der Waals surface area contributed by atoms with Crippen molar-refractivity contribution in [2.24, 2.45) is 11.3 Å². The zero-order valence-corrected chi connectivity index (χ0v) is 10.4. The molecule has 0 bridgehead atoms. The van der Waals surface area contributed by atoms with Crippen LogP contribution >= 0.6 is 0 Å². The molecule has 0 aromatic heterocycles. The van der Waals surface area contributed by atoms with Crippen LogP contribution in [0.15, 0.2) is 11.3 Å². The first-order valence-electron chi connectivity index (χ1n) is 5.86. The normalized spacial score (nSPS) is 16.0. The zero-order chi connectivity index (χ0) is 10.8. The summed E-state index contributed by atoms with van der Waals surface area (Å²) < 4.78 is 0. The molecule has 1 fully saturated rings. The van der Waals surface area contributed by atoms with Gasteiger partial charge in [-0.2, -0.15) is 0 Å². The second-order valence-electron chi connectivity index (χ2n) is 5.91. The van der Waals surface area contributed by atoms with Crippen molar-refractivity contribution in [1.29, 1.82) is 0 Å². The van der Waals surface area contributed by atoms with Crippen LogP contribution in [0.5, 0.6) is 0 Å². The molecule has 0 atom stereocenters. The fourth-order valence-corrected chi connectivity index (χ4v) is 1.64. The molecule has 1 rings (SSSR count). The molecular formula is C13H25N. The summed E-state index contributed by atoms with van der Waals surface area (Å²) in [6, 6.07) is 0. The lowest BCUT2D eigenvalue weighted by Crippen LogP contribution is -2.22. The molecule has 1 aliphatic rings. The molecule has 1 heteroatoms. The summed E-state index contributed by atoms with van der Waals surface area (Å²) in [5.41, 5.74) is 3.63. The van der Waals surface area contributed by atoms with Gasteiger partial charge in [0.15, 0.2) is 0 Å². The molecule has 0 unspecified atom stereocenters. The number of allylic oxidation sites excluding steroid dienone is 2. The lowest BCUT2D eigenvalue weighted by atomic mass is 9.92. The largest absolute Gasteiger partial charge is 0.388 e. The van der Waals surface area contributed by atoms with E-state index in [1.54, 1.807) is 5.57 Å².